The van der Waals surface area contributed by atoms with Crippen molar-refractivity contribution in [2.45, 2.75) is 113 Å². The summed E-state index contributed by atoms with van der Waals surface area (Å²) in [6.45, 7) is 45.5. The Balaban J connectivity index is 4.88. The van der Waals surface area contributed by atoms with E-state index in [1.165, 1.54) is 6.42 Å². The molecule has 0 aromatic heterocycles. The Hall–Kier alpha value is -0.440. The van der Waals surface area contributed by atoms with Crippen molar-refractivity contribution in [2.75, 3.05) is 131 Å². The van der Waals surface area contributed by atoms with E-state index >= 15 is 0 Å². The summed E-state index contributed by atoms with van der Waals surface area (Å²) in [5.74, 6) is 0. The minimum Gasteiger partial charge on any atom is -0.390 e. The fraction of sp³-hybridized carbons (Fsp3) is 1.00. The van der Waals surface area contributed by atoms with Crippen LogP contribution >= 0.6 is 0 Å². The normalized spacial score (nSPS) is 14.0. The molecule has 0 bridgehead atoms. The lowest BCUT2D eigenvalue weighted by Gasteiger charge is -2.30. The molecule has 0 aromatic carbocycles. The summed E-state index contributed by atoms with van der Waals surface area (Å²) in [5.41, 5.74) is 1.000. The number of aliphatic hydroxyl groups is 1. The lowest BCUT2D eigenvalue weighted by atomic mass is 9.92. The number of aliphatic hydroxyl groups excluding tert-OH is 1. The van der Waals surface area contributed by atoms with Crippen LogP contribution in [0.25, 0.3) is 0 Å². The van der Waals surface area contributed by atoms with Crippen LogP contribution in [0.1, 0.15) is 95.9 Å². The smallest absolute Gasteiger partial charge is 0.0793 e. The molecule has 0 saturated heterocycles. The van der Waals surface area contributed by atoms with E-state index in [0.29, 0.717) is 23.9 Å². The first kappa shape index (κ1) is 49.6. The molecule has 1 unspecified atom stereocenters. The summed E-state index contributed by atoms with van der Waals surface area (Å²) in [5, 5.41) is 40.0. The Kier molecular flexibility index (Phi) is 27.8. The highest BCUT2D eigenvalue weighted by Gasteiger charge is 2.17. The van der Waals surface area contributed by atoms with Gasteiger partial charge in [0.05, 0.1) is 6.10 Å². The molecule has 0 saturated carbocycles. The summed E-state index contributed by atoms with van der Waals surface area (Å²) < 4.78 is 0. The molecule has 50 heavy (non-hydrogen) atoms. The van der Waals surface area contributed by atoms with Gasteiger partial charge in [0.1, 0.15) is 0 Å². The lowest BCUT2D eigenvalue weighted by Crippen LogP contribution is -2.47. The van der Waals surface area contributed by atoms with Gasteiger partial charge in [-0.25, -0.2) is 0 Å². The van der Waals surface area contributed by atoms with Gasteiger partial charge in [-0.3, -0.25) is 9.80 Å². The molecule has 0 rings (SSSR count). The number of rotatable bonds is 32. The molecule has 0 spiro atoms. The maximum atomic E-state index is 11.4. The molecule has 0 radical (unpaired) electrons. The van der Waals surface area contributed by atoms with Gasteiger partial charge in [-0.2, -0.15) is 0 Å². The van der Waals surface area contributed by atoms with Crippen LogP contribution in [0.2, 0.25) is 0 Å². The zero-order chi connectivity index (χ0) is 37.9. The molecule has 0 aromatic rings. The van der Waals surface area contributed by atoms with E-state index in [1.54, 1.807) is 0 Å². The predicted molar refractivity (Wildman–Crippen MR) is 220 cm³/mol. The van der Waals surface area contributed by atoms with Crippen LogP contribution < -0.4 is 42.5 Å². The summed E-state index contributed by atoms with van der Waals surface area (Å²) >= 11 is 0. The maximum Gasteiger partial charge on any atom is 0.0793 e. The summed E-state index contributed by atoms with van der Waals surface area (Å²) in [7, 11) is 0. The van der Waals surface area contributed by atoms with Crippen molar-refractivity contribution < 1.29 is 5.11 Å². The van der Waals surface area contributed by atoms with Crippen molar-refractivity contribution in [3.8, 4) is 0 Å². The average molecular weight is 715 g/mol. The SMILES string of the molecule is CC(C)(C)CCNCCNCCN(CCNCCNC(C)(C)C)CC(O)CN(CCNCCNCCNC(C)(C)C)CCNCCC(C)(C)C. The van der Waals surface area contributed by atoms with E-state index < -0.39 is 6.10 Å². The van der Waals surface area contributed by atoms with E-state index in [-0.39, 0.29) is 11.1 Å². The first-order valence-electron chi connectivity index (χ1n) is 20.1. The van der Waals surface area contributed by atoms with Crippen LogP contribution in [-0.2, 0) is 0 Å². The highest BCUT2D eigenvalue weighted by molar-refractivity contribution is 4.75. The molecule has 1 atom stereocenters. The van der Waals surface area contributed by atoms with E-state index in [9.17, 15) is 5.11 Å². The number of nitrogens with zero attached hydrogens (tertiary/aromatic N) is 2. The van der Waals surface area contributed by atoms with Gasteiger partial charge in [0, 0.05) is 129 Å². The zero-order valence-electron chi connectivity index (χ0n) is 35.5. The van der Waals surface area contributed by atoms with Gasteiger partial charge in [-0.15, -0.1) is 0 Å². The van der Waals surface area contributed by atoms with Crippen LogP contribution in [-0.4, -0.2) is 163 Å². The van der Waals surface area contributed by atoms with Crippen LogP contribution in [0.3, 0.4) is 0 Å². The third-order valence-corrected chi connectivity index (χ3v) is 8.33. The second kappa shape index (κ2) is 28.1. The minimum absolute atomic E-state index is 0.134. The van der Waals surface area contributed by atoms with Crippen molar-refractivity contribution >= 4 is 0 Å². The number of hydrogen-bond donors (Lipinski definition) is 9. The number of hydrogen-bond acceptors (Lipinski definition) is 11. The van der Waals surface area contributed by atoms with Crippen LogP contribution in [0.4, 0.5) is 0 Å². The van der Waals surface area contributed by atoms with Crippen LogP contribution in [0, 0.1) is 10.8 Å². The van der Waals surface area contributed by atoms with Crippen LogP contribution in [0.5, 0.6) is 0 Å². The van der Waals surface area contributed by atoms with Gasteiger partial charge in [-0.1, -0.05) is 41.5 Å². The predicted octanol–water partition coefficient (Wildman–Crippen LogP) is 2.14. The average Bonchev–Trinajstić information content (AvgIpc) is 2.96. The van der Waals surface area contributed by atoms with Crippen molar-refractivity contribution in [3.63, 3.8) is 0 Å². The van der Waals surface area contributed by atoms with Gasteiger partial charge in [0.2, 0.25) is 0 Å². The van der Waals surface area contributed by atoms with Gasteiger partial charge < -0.3 is 47.6 Å². The Bertz CT molecular complexity index is 758. The lowest BCUT2D eigenvalue weighted by molar-refractivity contribution is 0.0745. The molecule has 11 heteroatoms. The van der Waals surface area contributed by atoms with E-state index in [2.05, 4.69) is 135 Å². The Morgan fingerprint density at radius 2 is 0.640 bits per heavy atom. The van der Waals surface area contributed by atoms with Gasteiger partial charge in [0.25, 0.3) is 0 Å². The second-order valence-electron chi connectivity index (χ2n) is 18.7. The maximum absolute atomic E-state index is 11.4. The Morgan fingerprint density at radius 3 is 0.940 bits per heavy atom. The summed E-state index contributed by atoms with van der Waals surface area (Å²) in [6, 6.07) is 0. The molecule has 11 nitrogen and oxygen atoms in total. The Labute approximate surface area is 311 Å². The second-order valence-corrected chi connectivity index (χ2v) is 18.7. The third kappa shape index (κ3) is 38.8. The summed E-state index contributed by atoms with van der Waals surface area (Å²) in [6.07, 6.45) is 1.94. The van der Waals surface area contributed by atoms with Gasteiger partial charge in [0.15, 0.2) is 0 Å². The van der Waals surface area contributed by atoms with Crippen molar-refractivity contribution in [2.24, 2.45) is 10.8 Å². The largest absolute Gasteiger partial charge is 0.390 e. The molecule has 9 N–H and O–H groups in total. The van der Waals surface area contributed by atoms with Gasteiger partial charge in [-0.05, 0) is 78.3 Å². The molecule has 0 heterocycles. The highest BCUT2D eigenvalue weighted by atomic mass is 16.3. The fourth-order valence-electron chi connectivity index (χ4n) is 5.27. The molecule has 0 aliphatic heterocycles. The highest BCUT2D eigenvalue weighted by Crippen LogP contribution is 2.17. The summed E-state index contributed by atoms with van der Waals surface area (Å²) in [4.78, 5) is 4.85. The van der Waals surface area contributed by atoms with E-state index in [4.69, 9.17) is 0 Å². The molecule has 302 valence electrons. The van der Waals surface area contributed by atoms with E-state index in [0.717, 1.165) is 124 Å². The monoisotopic (exact) mass is 715 g/mol. The standard InChI is InChI=1S/C39H90N10O/c1-36(2,3)13-15-40-17-19-43-26-31-49(32-28-45-22-24-47-39(10,11)12)34-35(50)33-48(29-25-41-16-14-37(4,5)6)30-27-44-20-18-42-21-23-46-38(7,8)9/h35,40-47,50H,13-34H2,1-12H3. The molecule has 0 aliphatic rings. The quantitative estimate of drug-likeness (QED) is 0.0477. The minimum atomic E-state index is -0.400. The zero-order valence-corrected chi connectivity index (χ0v) is 35.5. The Morgan fingerprint density at radius 1 is 0.380 bits per heavy atom. The molecule has 0 fully saturated rings. The molecular formula is C39H90N10O. The fourth-order valence-corrected chi connectivity index (χ4v) is 5.27. The third-order valence-electron chi connectivity index (χ3n) is 8.33. The molecule has 0 aliphatic carbocycles. The van der Waals surface area contributed by atoms with Crippen molar-refractivity contribution in [1.29, 1.82) is 0 Å². The molecule has 0 amide bonds. The van der Waals surface area contributed by atoms with Crippen molar-refractivity contribution in [3.05, 3.63) is 0 Å². The topological polar surface area (TPSA) is 123 Å². The van der Waals surface area contributed by atoms with E-state index in [1.807, 2.05) is 0 Å². The number of nitrogens with one attached hydrogen (secondary N) is 8. The van der Waals surface area contributed by atoms with Gasteiger partial charge >= 0.3 is 0 Å². The van der Waals surface area contributed by atoms with Crippen molar-refractivity contribution in [1.82, 2.24) is 52.3 Å². The molecular weight excluding hydrogens is 624 g/mol. The first-order valence-corrected chi connectivity index (χ1v) is 20.1. The van der Waals surface area contributed by atoms with Crippen LogP contribution in [0.15, 0.2) is 0 Å². The first-order chi connectivity index (χ1) is 23.3.